The Morgan fingerprint density at radius 2 is 2.06 bits per heavy atom. The number of H-pyrrole nitrogens is 1. The number of aryl methyl sites for hydroxylation is 1. The molecule has 18 heavy (non-hydrogen) atoms. The zero-order valence-corrected chi connectivity index (χ0v) is 10.1. The van der Waals surface area contributed by atoms with Crippen LogP contribution in [-0.4, -0.2) is 15.2 Å². The highest BCUT2D eigenvalue weighted by molar-refractivity contribution is 5.55. The lowest BCUT2D eigenvalue weighted by Crippen LogP contribution is -1.91. The van der Waals surface area contributed by atoms with Crippen LogP contribution in [0.1, 0.15) is 17.0 Å². The average Bonchev–Trinajstić information content (AvgIpc) is 2.99. The summed E-state index contributed by atoms with van der Waals surface area (Å²) in [6.07, 6.45) is 2.22. The Kier molecular flexibility index (Phi) is 2.68. The number of hydrogen-bond acceptors (Lipinski definition) is 3. The first-order valence-corrected chi connectivity index (χ1v) is 5.81. The van der Waals surface area contributed by atoms with Crippen molar-refractivity contribution in [2.45, 2.75) is 13.3 Å². The molecule has 3 rings (SSSR count). The molecule has 0 aliphatic rings. The van der Waals surface area contributed by atoms with Crippen LogP contribution in [0.15, 0.2) is 47.2 Å². The van der Waals surface area contributed by atoms with E-state index < -0.39 is 0 Å². The molecular weight excluding hydrogens is 226 g/mol. The second-order valence-electron chi connectivity index (χ2n) is 4.23. The highest BCUT2D eigenvalue weighted by Crippen LogP contribution is 2.23. The van der Waals surface area contributed by atoms with Crippen LogP contribution in [0.4, 0.5) is 0 Å². The Hall–Kier alpha value is -2.36. The van der Waals surface area contributed by atoms with E-state index in [0.717, 1.165) is 29.3 Å². The summed E-state index contributed by atoms with van der Waals surface area (Å²) in [4.78, 5) is 4.28. The van der Waals surface area contributed by atoms with Gasteiger partial charge in [-0.05, 0) is 18.6 Å². The fourth-order valence-electron chi connectivity index (χ4n) is 1.93. The van der Waals surface area contributed by atoms with Crippen molar-refractivity contribution in [3.05, 3.63) is 59.7 Å². The maximum Gasteiger partial charge on any atom is 0.181 e. The third kappa shape index (κ3) is 2.05. The summed E-state index contributed by atoms with van der Waals surface area (Å²) in [7, 11) is 0. The van der Waals surface area contributed by atoms with E-state index in [1.807, 2.05) is 31.2 Å². The third-order valence-electron chi connectivity index (χ3n) is 2.79. The molecule has 4 heteroatoms. The van der Waals surface area contributed by atoms with Gasteiger partial charge in [-0.3, -0.25) is 5.10 Å². The fourth-order valence-corrected chi connectivity index (χ4v) is 1.93. The Morgan fingerprint density at radius 1 is 1.22 bits per heavy atom. The second-order valence-corrected chi connectivity index (χ2v) is 4.23. The van der Waals surface area contributed by atoms with E-state index >= 15 is 0 Å². The van der Waals surface area contributed by atoms with Crippen LogP contribution in [0.3, 0.4) is 0 Å². The summed E-state index contributed by atoms with van der Waals surface area (Å²) >= 11 is 0. The number of nitrogens with zero attached hydrogens (tertiary/aromatic N) is 2. The number of aromatic amines is 1. The van der Waals surface area contributed by atoms with E-state index in [1.165, 1.54) is 12.0 Å². The van der Waals surface area contributed by atoms with Gasteiger partial charge in [-0.2, -0.15) is 5.10 Å². The maximum atomic E-state index is 5.44. The molecule has 3 aromatic rings. The maximum absolute atomic E-state index is 5.44. The molecule has 2 heterocycles. The minimum absolute atomic E-state index is 0.739. The van der Waals surface area contributed by atoms with Crippen LogP contribution in [0.25, 0.3) is 11.5 Å². The first-order valence-electron chi connectivity index (χ1n) is 5.81. The van der Waals surface area contributed by atoms with Gasteiger partial charge in [-0.1, -0.05) is 30.3 Å². The van der Waals surface area contributed by atoms with Crippen molar-refractivity contribution in [2.24, 2.45) is 0 Å². The highest BCUT2D eigenvalue weighted by Gasteiger charge is 2.13. The normalized spacial score (nSPS) is 10.7. The number of rotatable bonds is 3. The lowest BCUT2D eigenvalue weighted by molar-refractivity contribution is 0.568. The van der Waals surface area contributed by atoms with E-state index in [1.54, 1.807) is 0 Å². The molecule has 0 saturated carbocycles. The van der Waals surface area contributed by atoms with Crippen LogP contribution in [0, 0.1) is 6.92 Å². The van der Waals surface area contributed by atoms with Crippen molar-refractivity contribution in [2.75, 3.05) is 0 Å². The van der Waals surface area contributed by atoms with Gasteiger partial charge in [0.2, 0.25) is 0 Å². The van der Waals surface area contributed by atoms with Gasteiger partial charge in [-0.15, -0.1) is 0 Å². The smallest absolute Gasteiger partial charge is 0.181 e. The minimum atomic E-state index is 0.739. The first kappa shape index (κ1) is 10.8. The van der Waals surface area contributed by atoms with Gasteiger partial charge in [0.25, 0.3) is 0 Å². The standard InChI is InChI=1S/C14H13N3O/c1-10-7-13(17-16-10)14-12(15-9-18-14)8-11-5-3-2-4-6-11/h2-7,9H,8H2,1H3,(H,16,17). The van der Waals surface area contributed by atoms with Crippen molar-refractivity contribution in [3.63, 3.8) is 0 Å². The molecule has 90 valence electrons. The zero-order chi connectivity index (χ0) is 12.4. The fraction of sp³-hybridized carbons (Fsp3) is 0.143. The first-order chi connectivity index (χ1) is 8.83. The topological polar surface area (TPSA) is 54.7 Å². The van der Waals surface area contributed by atoms with Gasteiger partial charge in [0.05, 0.1) is 5.69 Å². The number of nitrogens with one attached hydrogen (secondary N) is 1. The molecule has 0 unspecified atom stereocenters. The largest absolute Gasteiger partial charge is 0.441 e. The Labute approximate surface area is 105 Å². The molecule has 0 amide bonds. The molecule has 0 aliphatic carbocycles. The monoisotopic (exact) mass is 239 g/mol. The molecular formula is C14H13N3O. The van der Waals surface area contributed by atoms with Crippen molar-refractivity contribution < 1.29 is 4.42 Å². The molecule has 0 fully saturated rings. The van der Waals surface area contributed by atoms with Gasteiger partial charge in [0, 0.05) is 12.1 Å². The molecule has 4 nitrogen and oxygen atoms in total. The summed E-state index contributed by atoms with van der Waals surface area (Å²) in [6, 6.07) is 12.2. The van der Waals surface area contributed by atoms with Gasteiger partial charge in [0.15, 0.2) is 12.2 Å². The molecule has 0 spiro atoms. The third-order valence-corrected chi connectivity index (χ3v) is 2.79. The molecule has 1 N–H and O–H groups in total. The Bertz CT molecular complexity index is 640. The van der Waals surface area contributed by atoms with Crippen molar-refractivity contribution >= 4 is 0 Å². The number of benzene rings is 1. The molecule has 0 bridgehead atoms. The summed E-state index contributed by atoms with van der Waals surface area (Å²) in [6.45, 7) is 1.96. The van der Waals surface area contributed by atoms with Crippen molar-refractivity contribution in [1.29, 1.82) is 0 Å². The predicted octanol–water partition coefficient (Wildman–Crippen LogP) is 2.96. The lowest BCUT2D eigenvalue weighted by atomic mass is 10.1. The van der Waals surface area contributed by atoms with Crippen LogP contribution in [-0.2, 0) is 6.42 Å². The van der Waals surface area contributed by atoms with Crippen LogP contribution in [0.5, 0.6) is 0 Å². The Morgan fingerprint density at radius 3 is 2.78 bits per heavy atom. The second kappa shape index (κ2) is 4.49. The molecule has 2 aromatic heterocycles. The SMILES string of the molecule is Cc1cc(-c2ocnc2Cc2ccccc2)n[nH]1. The predicted molar refractivity (Wildman–Crippen MR) is 68.1 cm³/mol. The minimum Gasteiger partial charge on any atom is -0.441 e. The quantitative estimate of drug-likeness (QED) is 0.764. The molecule has 0 radical (unpaired) electrons. The van der Waals surface area contributed by atoms with Crippen molar-refractivity contribution in [1.82, 2.24) is 15.2 Å². The van der Waals surface area contributed by atoms with E-state index in [0.29, 0.717) is 0 Å². The summed E-state index contributed by atoms with van der Waals surface area (Å²) in [5.41, 5.74) is 3.93. The summed E-state index contributed by atoms with van der Waals surface area (Å²) in [5.74, 6) is 0.739. The zero-order valence-electron chi connectivity index (χ0n) is 10.1. The van der Waals surface area contributed by atoms with Gasteiger partial charge < -0.3 is 4.42 Å². The van der Waals surface area contributed by atoms with E-state index in [4.69, 9.17) is 4.42 Å². The van der Waals surface area contributed by atoms with Gasteiger partial charge >= 0.3 is 0 Å². The summed E-state index contributed by atoms with van der Waals surface area (Å²) in [5, 5.41) is 7.11. The van der Waals surface area contributed by atoms with E-state index in [2.05, 4.69) is 27.3 Å². The van der Waals surface area contributed by atoms with Crippen molar-refractivity contribution in [3.8, 4) is 11.5 Å². The lowest BCUT2D eigenvalue weighted by Gasteiger charge is -1.99. The molecule has 1 aromatic carbocycles. The summed E-state index contributed by atoms with van der Waals surface area (Å²) < 4.78 is 5.44. The van der Waals surface area contributed by atoms with Gasteiger partial charge in [0.1, 0.15) is 5.69 Å². The Balaban J connectivity index is 1.93. The highest BCUT2D eigenvalue weighted by atomic mass is 16.3. The number of aromatic nitrogens is 3. The number of hydrogen-bond donors (Lipinski definition) is 1. The van der Waals surface area contributed by atoms with Crippen LogP contribution < -0.4 is 0 Å². The molecule has 0 saturated heterocycles. The van der Waals surface area contributed by atoms with E-state index in [-0.39, 0.29) is 0 Å². The van der Waals surface area contributed by atoms with Crippen LogP contribution >= 0.6 is 0 Å². The number of oxazole rings is 1. The van der Waals surface area contributed by atoms with E-state index in [9.17, 15) is 0 Å². The van der Waals surface area contributed by atoms with Crippen LogP contribution in [0.2, 0.25) is 0 Å². The average molecular weight is 239 g/mol. The molecule has 0 atom stereocenters. The van der Waals surface area contributed by atoms with Gasteiger partial charge in [-0.25, -0.2) is 4.98 Å². The molecule has 0 aliphatic heterocycles.